The van der Waals surface area contributed by atoms with Crippen LogP contribution in [0.3, 0.4) is 0 Å². The molecule has 5 aromatic rings. The third kappa shape index (κ3) is 4.20. The van der Waals surface area contributed by atoms with Gasteiger partial charge in [0.2, 0.25) is 5.69 Å². The quantitative estimate of drug-likeness (QED) is 0.292. The van der Waals surface area contributed by atoms with E-state index in [9.17, 15) is 0 Å². The molecule has 160 valence electrons. The van der Waals surface area contributed by atoms with Gasteiger partial charge in [-0.2, -0.15) is 4.57 Å². The fourth-order valence-corrected chi connectivity index (χ4v) is 4.54. The Kier molecular flexibility index (Phi) is 5.58. The van der Waals surface area contributed by atoms with Crippen LogP contribution in [0.2, 0.25) is 0 Å². The van der Waals surface area contributed by atoms with E-state index in [0.717, 1.165) is 0 Å². The van der Waals surface area contributed by atoms with Crippen LogP contribution in [-0.4, -0.2) is 0 Å². The van der Waals surface area contributed by atoms with E-state index >= 15 is 0 Å². The minimum Gasteiger partial charge on any atom is -0.207 e. The number of rotatable bonds is 4. The third-order valence-electron chi connectivity index (χ3n) is 6.23. The highest BCUT2D eigenvalue weighted by Gasteiger charge is 2.16. The molecule has 2 heteroatoms. The van der Waals surface area contributed by atoms with Crippen LogP contribution in [0.25, 0.3) is 39.1 Å². The van der Waals surface area contributed by atoms with Crippen molar-refractivity contribution in [2.75, 3.05) is 0 Å². The summed E-state index contributed by atoms with van der Waals surface area (Å²) in [5, 5.41) is 0. The molecular formula is C31H28N2+2. The van der Waals surface area contributed by atoms with Crippen LogP contribution < -0.4 is 9.13 Å². The van der Waals surface area contributed by atoms with Gasteiger partial charge in [-0.15, -0.1) is 0 Å². The summed E-state index contributed by atoms with van der Waals surface area (Å²) in [6.45, 7) is 4.35. The van der Waals surface area contributed by atoms with Crippen LogP contribution >= 0.6 is 0 Å². The van der Waals surface area contributed by atoms with Gasteiger partial charge < -0.3 is 0 Å². The van der Waals surface area contributed by atoms with Gasteiger partial charge in [-0.05, 0) is 47.7 Å². The van der Waals surface area contributed by atoms with Gasteiger partial charge >= 0.3 is 0 Å². The first-order chi connectivity index (χ1) is 16.1. The molecule has 0 aliphatic carbocycles. The molecule has 33 heavy (non-hydrogen) atoms. The molecular weight excluding hydrogens is 400 g/mol. The largest absolute Gasteiger partial charge is 0.218 e. The van der Waals surface area contributed by atoms with Gasteiger partial charge in [-0.3, -0.25) is 0 Å². The van der Waals surface area contributed by atoms with Gasteiger partial charge in [-0.1, -0.05) is 66.7 Å². The molecule has 0 aliphatic heterocycles. The number of benzene rings is 3. The summed E-state index contributed by atoms with van der Waals surface area (Å²) < 4.78 is 4.31. The molecule has 0 N–H and O–H groups in total. The number of aryl methyl sites for hydroxylation is 3. The molecule has 3 aromatic carbocycles. The standard InChI is InChI=1S/C31H28N2/c1-23-21-32(3)19-17-28(23)26-13-15-27(16-14-26)29-18-20-33(22-24(29)2)31-12-8-7-11-30(31)25-9-5-4-6-10-25/h4-22H,1-3H3/q+2. The first-order valence-corrected chi connectivity index (χ1v) is 11.3. The summed E-state index contributed by atoms with van der Waals surface area (Å²) in [5.41, 5.74) is 11.2. The van der Waals surface area contributed by atoms with Crippen molar-refractivity contribution in [3.8, 4) is 39.1 Å². The third-order valence-corrected chi connectivity index (χ3v) is 6.23. The maximum atomic E-state index is 2.23. The fraction of sp³-hybridized carbons (Fsp3) is 0.0968. The van der Waals surface area contributed by atoms with E-state index in [1.165, 1.54) is 50.2 Å². The molecule has 0 saturated heterocycles. The lowest BCUT2D eigenvalue weighted by Gasteiger charge is -2.09. The fourth-order valence-electron chi connectivity index (χ4n) is 4.54. The summed E-state index contributed by atoms with van der Waals surface area (Å²) in [4.78, 5) is 0. The number of para-hydroxylation sites is 1. The summed E-state index contributed by atoms with van der Waals surface area (Å²) in [6.07, 6.45) is 8.66. The molecule has 0 spiro atoms. The van der Waals surface area contributed by atoms with E-state index in [1.807, 2.05) is 0 Å². The summed E-state index contributed by atoms with van der Waals surface area (Å²) >= 11 is 0. The molecule has 0 unspecified atom stereocenters. The average Bonchev–Trinajstić information content (AvgIpc) is 2.85. The van der Waals surface area contributed by atoms with Crippen LogP contribution in [0.1, 0.15) is 11.1 Å². The van der Waals surface area contributed by atoms with Gasteiger partial charge in [0.25, 0.3) is 0 Å². The number of nitrogens with zero attached hydrogens (tertiary/aromatic N) is 2. The summed E-state index contributed by atoms with van der Waals surface area (Å²) in [6, 6.07) is 32.4. The summed E-state index contributed by atoms with van der Waals surface area (Å²) in [5.74, 6) is 0. The highest BCUT2D eigenvalue weighted by Crippen LogP contribution is 2.28. The van der Waals surface area contributed by atoms with Crippen molar-refractivity contribution < 1.29 is 9.13 Å². The van der Waals surface area contributed by atoms with Crippen molar-refractivity contribution in [2.45, 2.75) is 13.8 Å². The molecule has 2 aromatic heterocycles. The Morgan fingerprint density at radius 2 is 1.03 bits per heavy atom. The number of hydrogen-bond donors (Lipinski definition) is 0. The van der Waals surface area contributed by atoms with Crippen LogP contribution in [0.4, 0.5) is 0 Å². The van der Waals surface area contributed by atoms with Crippen molar-refractivity contribution in [1.82, 2.24) is 0 Å². The predicted molar refractivity (Wildman–Crippen MR) is 135 cm³/mol. The molecule has 2 heterocycles. The number of hydrogen-bond acceptors (Lipinski definition) is 0. The zero-order valence-corrected chi connectivity index (χ0v) is 19.4. The summed E-state index contributed by atoms with van der Waals surface area (Å²) in [7, 11) is 2.06. The van der Waals surface area contributed by atoms with Crippen molar-refractivity contribution >= 4 is 0 Å². The Balaban J connectivity index is 1.48. The maximum Gasteiger partial charge on any atom is 0.218 e. The monoisotopic (exact) mass is 428 g/mol. The van der Waals surface area contributed by atoms with Crippen LogP contribution in [0.5, 0.6) is 0 Å². The SMILES string of the molecule is Cc1c[n+](C)ccc1-c1ccc(-c2cc[n+](-c3ccccc3-c3ccccc3)cc2C)cc1. The lowest BCUT2D eigenvalue weighted by Crippen LogP contribution is -2.30. The van der Waals surface area contributed by atoms with Gasteiger partial charge in [-0.25, -0.2) is 4.57 Å². The average molecular weight is 429 g/mol. The molecule has 0 saturated carbocycles. The Morgan fingerprint density at radius 1 is 0.485 bits per heavy atom. The molecule has 0 atom stereocenters. The minimum absolute atomic E-state index is 1.18. The maximum absolute atomic E-state index is 2.23. The van der Waals surface area contributed by atoms with Gasteiger partial charge in [0, 0.05) is 29.3 Å². The molecule has 5 rings (SSSR count). The van der Waals surface area contributed by atoms with E-state index < -0.39 is 0 Å². The Labute approximate surface area is 196 Å². The van der Waals surface area contributed by atoms with E-state index in [4.69, 9.17) is 0 Å². The Morgan fingerprint density at radius 3 is 1.67 bits per heavy atom. The van der Waals surface area contributed by atoms with Crippen molar-refractivity contribution in [3.05, 3.63) is 127 Å². The molecule has 0 amide bonds. The lowest BCUT2D eigenvalue weighted by atomic mass is 9.97. The van der Waals surface area contributed by atoms with Crippen LogP contribution in [0, 0.1) is 13.8 Å². The Hall–Kier alpha value is -4.04. The van der Waals surface area contributed by atoms with Gasteiger partial charge in [0.05, 0.1) is 5.56 Å². The van der Waals surface area contributed by atoms with Crippen molar-refractivity contribution in [1.29, 1.82) is 0 Å². The van der Waals surface area contributed by atoms with Crippen LogP contribution in [0.15, 0.2) is 116 Å². The van der Waals surface area contributed by atoms with E-state index in [0.29, 0.717) is 0 Å². The molecule has 0 fully saturated rings. The van der Waals surface area contributed by atoms with Gasteiger partial charge in [0.1, 0.15) is 7.05 Å². The predicted octanol–water partition coefficient (Wildman–Crippen LogP) is 6.41. The van der Waals surface area contributed by atoms with Crippen LogP contribution in [-0.2, 0) is 7.05 Å². The normalized spacial score (nSPS) is 10.9. The second kappa shape index (κ2) is 8.84. The van der Waals surface area contributed by atoms with Crippen molar-refractivity contribution in [3.63, 3.8) is 0 Å². The van der Waals surface area contributed by atoms with E-state index in [-0.39, 0.29) is 0 Å². The zero-order chi connectivity index (χ0) is 22.8. The molecule has 0 bridgehead atoms. The molecule has 2 nitrogen and oxygen atoms in total. The topological polar surface area (TPSA) is 7.76 Å². The van der Waals surface area contributed by atoms with Gasteiger partial charge in [0.15, 0.2) is 24.8 Å². The number of pyridine rings is 2. The first-order valence-electron chi connectivity index (χ1n) is 11.3. The smallest absolute Gasteiger partial charge is 0.207 e. The lowest BCUT2D eigenvalue weighted by molar-refractivity contribution is -0.671. The Bertz CT molecular complexity index is 1420. The first kappa shape index (κ1) is 20.8. The minimum atomic E-state index is 1.18. The second-order valence-electron chi connectivity index (χ2n) is 8.62. The van der Waals surface area contributed by atoms with E-state index in [1.54, 1.807) is 0 Å². The number of aromatic nitrogens is 2. The molecule has 0 radical (unpaired) electrons. The molecule has 0 aliphatic rings. The van der Waals surface area contributed by atoms with Crippen molar-refractivity contribution in [2.24, 2.45) is 7.05 Å². The van der Waals surface area contributed by atoms with E-state index in [2.05, 4.69) is 146 Å². The highest BCUT2D eigenvalue weighted by atomic mass is 14.9. The zero-order valence-electron chi connectivity index (χ0n) is 19.4. The second-order valence-corrected chi connectivity index (χ2v) is 8.62. The highest BCUT2D eigenvalue weighted by molar-refractivity contribution is 5.73.